The zero-order valence-electron chi connectivity index (χ0n) is 12.3. The van der Waals surface area contributed by atoms with E-state index in [1.165, 1.54) is 25.8 Å². The van der Waals surface area contributed by atoms with Crippen LogP contribution in [0.25, 0.3) is 0 Å². The van der Waals surface area contributed by atoms with Crippen molar-refractivity contribution in [3.63, 3.8) is 0 Å². The number of nitrogens with zero attached hydrogens (tertiary/aromatic N) is 1. The maximum absolute atomic E-state index is 5.44. The van der Waals surface area contributed by atoms with Gasteiger partial charge in [0.25, 0.3) is 0 Å². The van der Waals surface area contributed by atoms with E-state index >= 15 is 0 Å². The van der Waals surface area contributed by atoms with Crippen LogP contribution < -0.4 is 5.32 Å². The molecule has 1 heterocycles. The van der Waals surface area contributed by atoms with Crippen LogP contribution in [0.4, 0.5) is 0 Å². The first-order valence-electron chi connectivity index (χ1n) is 7.68. The van der Waals surface area contributed by atoms with E-state index in [4.69, 9.17) is 4.74 Å². The van der Waals surface area contributed by atoms with Crippen molar-refractivity contribution in [1.29, 1.82) is 0 Å². The fourth-order valence-electron chi connectivity index (χ4n) is 3.60. The Kier molecular flexibility index (Phi) is 5.46. The van der Waals surface area contributed by atoms with Gasteiger partial charge in [0.1, 0.15) is 0 Å². The van der Waals surface area contributed by atoms with Gasteiger partial charge in [-0.05, 0) is 44.1 Å². The van der Waals surface area contributed by atoms with Crippen LogP contribution in [0.1, 0.15) is 33.1 Å². The van der Waals surface area contributed by atoms with Crippen LogP contribution in [-0.4, -0.2) is 50.8 Å². The second-order valence-corrected chi connectivity index (χ2v) is 6.39. The van der Waals surface area contributed by atoms with Crippen molar-refractivity contribution < 1.29 is 4.74 Å². The molecular weight excluding hydrogens is 224 g/mol. The number of morpholine rings is 1. The van der Waals surface area contributed by atoms with E-state index in [0.717, 1.165) is 50.1 Å². The van der Waals surface area contributed by atoms with Crippen LogP contribution in [0.5, 0.6) is 0 Å². The van der Waals surface area contributed by atoms with E-state index in [-0.39, 0.29) is 0 Å². The summed E-state index contributed by atoms with van der Waals surface area (Å²) in [4.78, 5) is 2.60. The van der Waals surface area contributed by atoms with Gasteiger partial charge in [-0.1, -0.05) is 13.8 Å². The summed E-state index contributed by atoms with van der Waals surface area (Å²) in [6.07, 6.45) is 4.16. The first-order chi connectivity index (χ1) is 8.70. The normalized spacial score (nSPS) is 35.0. The summed E-state index contributed by atoms with van der Waals surface area (Å²) in [6, 6.07) is 0.725. The first kappa shape index (κ1) is 14.3. The number of nitrogens with one attached hydrogen (secondary N) is 1. The Labute approximate surface area is 112 Å². The Morgan fingerprint density at radius 2 is 1.94 bits per heavy atom. The quantitative estimate of drug-likeness (QED) is 0.830. The SMILES string of the molecule is CNC1CCC(C(C)C)CC1CN1CCOCC1. The highest BCUT2D eigenvalue weighted by molar-refractivity contribution is 4.87. The molecule has 0 aromatic carbocycles. The van der Waals surface area contributed by atoms with Crippen molar-refractivity contribution in [2.75, 3.05) is 39.9 Å². The van der Waals surface area contributed by atoms with Gasteiger partial charge in [0.05, 0.1) is 13.2 Å². The molecule has 1 aliphatic carbocycles. The summed E-state index contributed by atoms with van der Waals surface area (Å²) in [6.45, 7) is 10.1. The third-order valence-electron chi connectivity index (χ3n) is 4.93. The summed E-state index contributed by atoms with van der Waals surface area (Å²) in [7, 11) is 2.13. The molecule has 0 radical (unpaired) electrons. The van der Waals surface area contributed by atoms with Crippen LogP contribution in [0.2, 0.25) is 0 Å². The molecule has 0 amide bonds. The van der Waals surface area contributed by atoms with Gasteiger partial charge < -0.3 is 10.1 Å². The lowest BCUT2D eigenvalue weighted by Gasteiger charge is -2.41. The molecule has 18 heavy (non-hydrogen) atoms. The highest BCUT2D eigenvalue weighted by Crippen LogP contribution is 2.34. The number of ether oxygens (including phenoxy) is 1. The smallest absolute Gasteiger partial charge is 0.0594 e. The number of rotatable bonds is 4. The van der Waals surface area contributed by atoms with Gasteiger partial charge in [-0.25, -0.2) is 0 Å². The highest BCUT2D eigenvalue weighted by Gasteiger charge is 2.32. The molecule has 1 aliphatic heterocycles. The minimum Gasteiger partial charge on any atom is -0.379 e. The zero-order valence-corrected chi connectivity index (χ0v) is 12.3. The molecular formula is C15H30N2O. The van der Waals surface area contributed by atoms with E-state index in [0.29, 0.717) is 0 Å². The second kappa shape index (κ2) is 6.88. The lowest BCUT2D eigenvalue weighted by Crippen LogP contribution is -2.47. The van der Waals surface area contributed by atoms with Crippen LogP contribution in [0.15, 0.2) is 0 Å². The van der Waals surface area contributed by atoms with E-state index in [9.17, 15) is 0 Å². The zero-order chi connectivity index (χ0) is 13.0. The van der Waals surface area contributed by atoms with Crippen LogP contribution in [-0.2, 0) is 4.74 Å². The van der Waals surface area contributed by atoms with E-state index in [2.05, 4.69) is 31.1 Å². The number of hydrogen-bond donors (Lipinski definition) is 1. The number of hydrogen-bond acceptors (Lipinski definition) is 3. The minimum absolute atomic E-state index is 0.725. The molecule has 0 aromatic heterocycles. The molecule has 1 saturated heterocycles. The van der Waals surface area contributed by atoms with Crippen LogP contribution in [0.3, 0.4) is 0 Å². The largest absolute Gasteiger partial charge is 0.379 e. The van der Waals surface area contributed by atoms with Gasteiger partial charge in [-0.2, -0.15) is 0 Å². The Morgan fingerprint density at radius 1 is 1.22 bits per heavy atom. The third-order valence-corrected chi connectivity index (χ3v) is 4.93. The lowest BCUT2D eigenvalue weighted by molar-refractivity contribution is 0.0199. The summed E-state index contributed by atoms with van der Waals surface area (Å²) in [5.41, 5.74) is 0. The molecule has 1 N–H and O–H groups in total. The van der Waals surface area contributed by atoms with Crippen molar-refractivity contribution in [3.8, 4) is 0 Å². The summed E-state index contributed by atoms with van der Waals surface area (Å²) >= 11 is 0. The van der Waals surface area contributed by atoms with Gasteiger partial charge >= 0.3 is 0 Å². The van der Waals surface area contributed by atoms with Gasteiger partial charge in [0.15, 0.2) is 0 Å². The van der Waals surface area contributed by atoms with Crippen molar-refractivity contribution >= 4 is 0 Å². The Morgan fingerprint density at radius 3 is 2.56 bits per heavy atom. The average Bonchev–Trinajstić information content (AvgIpc) is 2.39. The standard InChI is InChI=1S/C15H30N2O/c1-12(2)13-4-5-15(16-3)14(10-13)11-17-6-8-18-9-7-17/h12-16H,4-11H2,1-3H3. The predicted molar refractivity (Wildman–Crippen MR) is 75.8 cm³/mol. The van der Waals surface area contributed by atoms with Crippen molar-refractivity contribution in [2.45, 2.75) is 39.2 Å². The summed E-state index contributed by atoms with van der Waals surface area (Å²) < 4.78 is 5.44. The molecule has 3 nitrogen and oxygen atoms in total. The highest BCUT2D eigenvalue weighted by atomic mass is 16.5. The minimum atomic E-state index is 0.725. The Hall–Kier alpha value is -0.120. The van der Waals surface area contributed by atoms with Crippen LogP contribution in [0, 0.1) is 17.8 Å². The summed E-state index contributed by atoms with van der Waals surface area (Å²) in [5, 5.41) is 3.55. The van der Waals surface area contributed by atoms with E-state index in [1.807, 2.05) is 0 Å². The van der Waals surface area contributed by atoms with Gasteiger partial charge in [0, 0.05) is 25.7 Å². The second-order valence-electron chi connectivity index (χ2n) is 6.39. The monoisotopic (exact) mass is 254 g/mol. The molecule has 0 bridgehead atoms. The molecule has 0 spiro atoms. The molecule has 3 unspecified atom stereocenters. The van der Waals surface area contributed by atoms with Gasteiger partial charge in [-0.3, -0.25) is 4.90 Å². The van der Waals surface area contributed by atoms with E-state index < -0.39 is 0 Å². The topological polar surface area (TPSA) is 24.5 Å². The Balaban J connectivity index is 1.88. The van der Waals surface area contributed by atoms with Crippen molar-refractivity contribution in [1.82, 2.24) is 10.2 Å². The fourth-order valence-corrected chi connectivity index (χ4v) is 3.60. The third kappa shape index (κ3) is 3.69. The van der Waals surface area contributed by atoms with Gasteiger partial charge in [-0.15, -0.1) is 0 Å². The van der Waals surface area contributed by atoms with Crippen molar-refractivity contribution in [3.05, 3.63) is 0 Å². The summed E-state index contributed by atoms with van der Waals surface area (Å²) in [5.74, 6) is 2.60. The van der Waals surface area contributed by atoms with E-state index in [1.54, 1.807) is 0 Å². The molecule has 3 heteroatoms. The fraction of sp³-hybridized carbons (Fsp3) is 1.00. The molecule has 2 aliphatic rings. The average molecular weight is 254 g/mol. The lowest BCUT2D eigenvalue weighted by atomic mass is 9.73. The first-order valence-corrected chi connectivity index (χ1v) is 7.68. The Bertz CT molecular complexity index is 239. The van der Waals surface area contributed by atoms with Crippen LogP contribution >= 0.6 is 0 Å². The van der Waals surface area contributed by atoms with Crippen molar-refractivity contribution in [2.24, 2.45) is 17.8 Å². The molecule has 3 atom stereocenters. The molecule has 106 valence electrons. The molecule has 0 aromatic rings. The molecule has 1 saturated carbocycles. The molecule has 2 rings (SSSR count). The molecule has 2 fully saturated rings. The van der Waals surface area contributed by atoms with Gasteiger partial charge in [0.2, 0.25) is 0 Å². The maximum Gasteiger partial charge on any atom is 0.0594 e. The predicted octanol–water partition coefficient (Wildman–Crippen LogP) is 1.98. The maximum atomic E-state index is 5.44.